The van der Waals surface area contributed by atoms with Crippen molar-refractivity contribution >= 4 is 58.5 Å². The minimum atomic E-state index is -0.826. The molecule has 9 rings (SSSR count). The number of aryl methyl sites for hydroxylation is 8. The van der Waals surface area contributed by atoms with Crippen LogP contribution in [0.4, 0.5) is 0 Å². The zero-order chi connectivity index (χ0) is 39.9. The molecule has 4 heteroatoms. The first-order chi connectivity index (χ1) is 27.0. The number of hydrogen-bond donors (Lipinski definition) is 0. The van der Waals surface area contributed by atoms with Gasteiger partial charge in [-0.1, -0.05) is 144 Å². The van der Waals surface area contributed by atoms with Crippen LogP contribution in [-0.4, -0.2) is 9.52 Å². The Labute approximate surface area is 356 Å². The average Bonchev–Trinajstić information content (AvgIpc) is 3.87. The zero-order valence-corrected chi connectivity index (χ0v) is 38.8. The molecule has 282 valence electrons. The summed E-state index contributed by atoms with van der Waals surface area (Å²) in [5, 5.41) is 8.32. The van der Waals surface area contributed by atoms with Crippen molar-refractivity contribution in [2.45, 2.75) is 68.2 Å². The van der Waals surface area contributed by atoms with E-state index in [1.165, 1.54) is 110 Å². The average molecular weight is 864 g/mol. The summed E-state index contributed by atoms with van der Waals surface area (Å²) >= 11 is -0.826. The first kappa shape index (κ1) is 41.8. The molecule has 0 bridgehead atoms. The van der Waals surface area contributed by atoms with Crippen LogP contribution in [0.25, 0.3) is 54.9 Å². The third kappa shape index (κ3) is 9.66. The van der Waals surface area contributed by atoms with Gasteiger partial charge in [0, 0.05) is 0 Å². The van der Waals surface area contributed by atoms with Crippen molar-refractivity contribution in [3.05, 3.63) is 178 Å². The fourth-order valence-electron chi connectivity index (χ4n) is 8.19. The van der Waals surface area contributed by atoms with Gasteiger partial charge in [0.2, 0.25) is 0 Å². The second-order valence-electron chi connectivity index (χ2n) is 14.9. The summed E-state index contributed by atoms with van der Waals surface area (Å²) in [5.41, 5.74) is 19.2. The molecule has 1 heterocycles. The standard InChI is InChI=1S/2C20H21.C12H7Si.2ClH.Zr/c2*1-5-16-6-7-17-9-15(4)12-19(17)20(16)18-10-13(2)8-14(3)11-18;1-3-7-11-9(5-1)10-6-2-4-8-12(10)13-11;;;/h2*6-12H,5H2,1-4H3;1-7H;2*1H;/q3*-1;;;+2/p-2. The minimum absolute atomic E-state index is 0.795. The molecule has 8 aromatic rings. The number of fused-ring (bicyclic) bond motifs is 5. The van der Waals surface area contributed by atoms with Crippen LogP contribution in [0.2, 0.25) is 0 Å². The van der Waals surface area contributed by atoms with Gasteiger partial charge in [-0.25, -0.2) is 0 Å². The predicted octanol–water partition coefficient (Wildman–Crippen LogP) is 13.9. The first-order valence-corrected chi connectivity index (χ1v) is 26.7. The molecule has 1 aliphatic rings. The van der Waals surface area contributed by atoms with Crippen molar-refractivity contribution in [2.24, 2.45) is 0 Å². The molecule has 0 N–H and O–H groups in total. The molecule has 0 nitrogen and oxygen atoms in total. The van der Waals surface area contributed by atoms with E-state index in [2.05, 4.69) is 183 Å². The van der Waals surface area contributed by atoms with Gasteiger partial charge in [0.15, 0.2) is 0 Å². The van der Waals surface area contributed by atoms with E-state index in [0.717, 1.165) is 22.4 Å². The molecule has 0 saturated carbocycles. The van der Waals surface area contributed by atoms with Gasteiger partial charge in [0.1, 0.15) is 0 Å². The molecule has 0 aliphatic carbocycles. The number of halogens is 2. The molecule has 2 radical (unpaired) electrons. The first-order valence-electron chi connectivity index (χ1n) is 19.4. The fourth-order valence-corrected chi connectivity index (χ4v) is 9.50. The number of rotatable bonds is 4. The molecule has 0 saturated heterocycles. The van der Waals surface area contributed by atoms with Gasteiger partial charge in [-0.3, -0.25) is 0 Å². The molecular weight excluding hydrogens is 815 g/mol. The SMILES string of the molecule is CCc1ccc2[cH-]c(C)cc2c1-c1cc(C)cc(C)c1.CCc1ccc2[cH-]c(C)cc2c1-c1cc(C)cc(C)c1.[Cl][Zr][Cl].[c-]1cccc2c1[Si]c1ccccc1-2. The maximum absolute atomic E-state index is 4.93. The van der Waals surface area contributed by atoms with E-state index >= 15 is 0 Å². The molecule has 0 atom stereocenters. The molecule has 0 fully saturated rings. The van der Waals surface area contributed by atoms with E-state index in [9.17, 15) is 0 Å². The molecule has 0 aromatic heterocycles. The van der Waals surface area contributed by atoms with E-state index in [-0.39, 0.29) is 0 Å². The maximum Gasteiger partial charge on any atom is 0.0920 e. The second kappa shape index (κ2) is 19.1. The zero-order valence-electron chi connectivity index (χ0n) is 33.8. The second-order valence-corrected chi connectivity index (χ2v) is 20.0. The van der Waals surface area contributed by atoms with Crippen LogP contribution in [0, 0.1) is 47.6 Å². The number of benzene rings is 6. The Morgan fingerprint density at radius 1 is 0.554 bits per heavy atom. The van der Waals surface area contributed by atoms with Crippen molar-refractivity contribution in [3.63, 3.8) is 0 Å². The van der Waals surface area contributed by atoms with Crippen LogP contribution < -0.4 is 10.4 Å². The van der Waals surface area contributed by atoms with E-state index in [1.54, 1.807) is 0 Å². The quantitative estimate of drug-likeness (QED) is 0.122. The molecule has 56 heavy (non-hydrogen) atoms. The number of hydrogen-bond acceptors (Lipinski definition) is 0. The van der Waals surface area contributed by atoms with Crippen molar-refractivity contribution in [1.82, 2.24) is 0 Å². The van der Waals surface area contributed by atoms with Crippen LogP contribution in [0.3, 0.4) is 0 Å². The summed E-state index contributed by atoms with van der Waals surface area (Å²) in [7, 11) is 10.7. The summed E-state index contributed by atoms with van der Waals surface area (Å²) < 4.78 is 0. The topological polar surface area (TPSA) is 0 Å². The van der Waals surface area contributed by atoms with Crippen LogP contribution in [0.15, 0.2) is 127 Å². The maximum atomic E-state index is 4.93. The molecule has 8 aromatic carbocycles. The molecule has 0 unspecified atom stereocenters. The molecular formula is C52H49Cl2SiZr-3. The van der Waals surface area contributed by atoms with Gasteiger partial charge < -0.3 is 0 Å². The largest absolute Gasteiger partial charge is 0.184 e. The van der Waals surface area contributed by atoms with Crippen LogP contribution in [0.5, 0.6) is 0 Å². The van der Waals surface area contributed by atoms with Gasteiger partial charge >= 0.3 is 37.9 Å². The van der Waals surface area contributed by atoms with Crippen LogP contribution >= 0.6 is 17.0 Å². The van der Waals surface area contributed by atoms with Crippen LogP contribution in [0.1, 0.15) is 58.4 Å². The fraction of sp³-hybridized carbons (Fsp3) is 0.192. The summed E-state index contributed by atoms with van der Waals surface area (Å²) in [5.74, 6) is 0. The van der Waals surface area contributed by atoms with E-state index < -0.39 is 20.8 Å². The summed E-state index contributed by atoms with van der Waals surface area (Å²) in [6.07, 6.45) is 2.14. The van der Waals surface area contributed by atoms with Gasteiger partial charge in [-0.05, 0) is 51.7 Å². The van der Waals surface area contributed by atoms with Crippen LogP contribution in [-0.2, 0) is 33.7 Å². The van der Waals surface area contributed by atoms with E-state index in [4.69, 9.17) is 17.0 Å². The van der Waals surface area contributed by atoms with Crippen molar-refractivity contribution in [1.29, 1.82) is 0 Å². The Bertz CT molecular complexity index is 2390. The third-order valence-corrected chi connectivity index (χ3v) is 11.7. The Hall–Kier alpha value is -3.78. The third-order valence-electron chi connectivity index (χ3n) is 10.4. The Morgan fingerprint density at radius 3 is 1.46 bits per heavy atom. The Kier molecular flexibility index (Phi) is 14.3. The summed E-state index contributed by atoms with van der Waals surface area (Å²) in [6.45, 7) is 17.5. The van der Waals surface area contributed by atoms with E-state index in [1.807, 2.05) is 6.07 Å². The summed E-state index contributed by atoms with van der Waals surface area (Å²) in [4.78, 5) is 0. The van der Waals surface area contributed by atoms with Crippen molar-refractivity contribution < 1.29 is 20.8 Å². The molecule has 0 spiro atoms. The summed E-state index contributed by atoms with van der Waals surface area (Å²) in [6, 6.07) is 50.2. The van der Waals surface area contributed by atoms with Gasteiger partial charge in [-0.2, -0.15) is 41.6 Å². The van der Waals surface area contributed by atoms with Gasteiger partial charge in [0.05, 0.1) is 9.52 Å². The van der Waals surface area contributed by atoms with Crippen molar-refractivity contribution in [2.75, 3.05) is 0 Å². The Balaban J connectivity index is 0.000000140. The Morgan fingerprint density at radius 2 is 1.00 bits per heavy atom. The smallest absolute Gasteiger partial charge is 0.0920 e. The van der Waals surface area contributed by atoms with Crippen molar-refractivity contribution in [3.8, 4) is 33.4 Å². The van der Waals surface area contributed by atoms with E-state index in [0.29, 0.717) is 0 Å². The molecule has 1 aliphatic heterocycles. The predicted molar refractivity (Wildman–Crippen MR) is 245 cm³/mol. The van der Waals surface area contributed by atoms with Gasteiger partial charge in [0.25, 0.3) is 0 Å². The monoisotopic (exact) mass is 861 g/mol. The minimum Gasteiger partial charge on any atom is -0.184 e. The molecule has 0 amide bonds. The van der Waals surface area contributed by atoms with Gasteiger partial charge in [-0.15, -0.1) is 74.6 Å². The normalized spacial score (nSPS) is 11.1.